The third-order valence-corrected chi connectivity index (χ3v) is 1.89. The summed E-state index contributed by atoms with van der Waals surface area (Å²) in [5, 5.41) is 3.34. The highest BCUT2D eigenvalue weighted by Gasteiger charge is 2.35. The zero-order valence-electron chi connectivity index (χ0n) is 6.57. The third-order valence-electron chi connectivity index (χ3n) is 1.89. The molecule has 1 rings (SSSR count). The van der Waals surface area contributed by atoms with Gasteiger partial charge in [0.2, 0.25) is 0 Å². The molecule has 2 nitrogen and oxygen atoms in total. The molecule has 1 aliphatic heterocycles. The second-order valence-electron chi connectivity index (χ2n) is 3.47. The molecule has 0 spiro atoms. The van der Waals surface area contributed by atoms with Crippen LogP contribution in [0.25, 0.3) is 0 Å². The molecule has 1 unspecified atom stereocenters. The summed E-state index contributed by atoms with van der Waals surface area (Å²) in [4.78, 5) is 2.23. The van der Waals surface area contributed by atoms with E-state index in [-0.39, 0.29) is 0 Å². The maximum atomic E-state index is 3.34. The predicted molar refractivity (Wildman–Crippen MR) is 39.6 cm³/mol. The normalized spacial score (nSPS) is 33.3. The van der Waals surface area contributed by atoms with Gasteiger partial charge in [-0.2, -0.15) is 0 Å². The Bertz CT molecular complexity index is 95.1. The van der Waals surface area contributed by atoms with Gasteiger partial charge in [-0.15, -0.1) is 0 Å². The first-order chi connectivity index (χ1) is 4.12. The van der Waals surface area contributed by atoms with E-state index in [1.807, 2.05) is 0 Å². The van der Waals surface area contributed by atoms with Crippen molar-refractivity contribution in [2.75, 3.05) is 27.2 Å². The van der Waals surface area contributed by atoms with Gasteiger partial charge in [-0.05, 0) is 34.0 Å². The molecule has 9 heavy (non-hydrogen) atoms. The van der Waals surface area contributed by atoms with Crippen molar-refractivity contribution >= 4 is 0 Å². The van der Waals surface area contributed by atoms with Crippen molar-refractivity contribution in [1.29, 1.82) is 0 Å². The van der Waals surface area contributed by atoms with Crippen molar-refractivity contribution in [3.05, 3.63) is 0 Å². The summed E-state index contributed by atoms with van der Waals surface area (Å²) in [6.07, 6.45) is 1.28. The van der Waals surface area contributed by atoms with E-state index in [4.69, 9.17) is 0 Å². The molecule has 0 amide bonds. The summed E-state index contributed by atoms with van der Waals surface area (Å²) in [7, 11) is 4.23. The maximum Gasteiger partial charge on any atom is 0.0291 e. The molecular weight excluding hydrogens is 112 g/mol. The third kappa shape index (κ3) is 2.33. The molecule has 0 aliphatic carbocycles. The largest absolute Gasteiger partial charge is 0.309 e. The highest BCUT2D eigenvalue weighted by atomic mass is 15.2. The summed E-state index contributed by atoms with van der Waals surface area (Å²) in [6, 6.07) is 0. The second-order valence-corrected chi connectivity index (χ2v) is 3.47. The molecule has 1 heterocycles. The molecule has 1 fully saturated rings. The predicted octanol–water partition coefficient (Wildman–Crippen LogP) is 0.300. The van der Waals surface area contributed by atoms with Crippen molar-refractivity contribution in [3.8, 4) is 0 Å². The van der Waals surface area contributed by atoms with Crippen LogP contribution in [-0.4, -0.2) is 37.6 Å². The van der Waals surface area contributed by atoms with Gasteiger partial charge in [0.1, 0.15) is 0 Å². The van der Waals surface area contributed by atoms with Gasteiger partial charge in [-0.3, -0.25) is 0 Å². The van der Waals surface area contributed by atoms with Crippen LogP contribution in [0.1, 0.15) is 13.3 Å². The van der Waals surface area contributed by atoms with Gasteiger partial charge in [-0.1, -0.05) is 0 Å². The smallest absolute Gasteiger partial charge is 0.0291 e. The summed E-state index contributed by atoms with van der Waals surface area (Å²) in [5.74, 6) is 0. The minimum atomic E-state index is 0.490. The Hall–Kier alpha value is -0.0800. The van der Waals surface area contributed by atoms with Crippen LogP contribution in [0.3, 0.4) is 0 Å². The summed E-state index contributed by atoms with van der Waals surface area (Å²) in [5.41, 5.74) is 0.490. The fourth-order valence-corrected chi connectivity index (χ4v) is 0.798. The Kier molecular flexibility index (Phi) is 1.78. The Morgan fingerprint density at radius 2 is 2.11 bits per heavy atom. The topological polar surface area (TPSA) is 25.2 Å². The fraction of sp³-hybridized carbons (Fsp3) is 1.00. The molecule has 1 saturated heterocycles. The van der Waals surface area contributed by atoms with Gasteiger partial charge < -0.3 is 10.2 Å². The van der Waals surface area contributed by atoms with Crippen molar-refractivity contribution in [2.24, 2.45) is 0 Å². The lowest BCUT2D eigenvalue weighted by Crippen LogP contribution is -2.21. The highest BCUT2D eigenvalue weighted by molar-refractivity contribution is 4.99. The van der Waals surface area contributed by atoms with Crippen LogP contribution >= 0.6 is 0 Å². The van der Waals surface area contributed by atoms with Crippen LogP contribution in [0.4, 0.5) is 0 Å². The van der Waals surface area contributed by atoms with E-state index < -0.39 is 0 Å². The number of nitrogens with one attached hydrogen (secondary N) is 1. The van der Waals surface area contributed by atoms with Gasteiger partial charge >= 0.3 is 0 Å². The minimum Gasteiger partial charge on any atom is -0.309 e. The lowest BCUT2D eigenvalue weighted by Gasteiger charge is -2.11. The van der Waals surface area contributed by atoms with E-state index >= 15 is 0 Å². The molecule has 0 aromatic carbocycles. The van der Waals surface area contributed by atoms with Crippen molar-refractivity contribution < 1.29 is 0 Å². The highest BCUT2D eigenvalue weighted by Crippen LogP contribution is 2.19. The number of nitrogens with zero attached hydrogens (tertiary/aromatic N) is 1. The first-order valence-electron chi connectivity index (χ1n) is 3.52. The van der Waals surface area contributed by atoms with Crippen molar-refractivity contribution in [3.63, 3.8) is 0 Å². The molecule has 1 aliphatic rings. The van der Waals surface area contributed by atoms with Crippen LogP contribution in [0, 0.1) is 0 Å². The van der Waals surface area contributed by atoms with E-state index in [2.05, 4.69) is 31.2 Å². The molecule has 0 aromatic heterocycles. The maximum absolute atomic E-state index is 3.34. The lowest BCUT2D eigenvalue weighted by molar-refractivity contribution is 0.378. The van der Waals surface area contributed by atoms with Gasteiger partial charge in [0.05, 0.1) is 0 Å². The van der Waals surface area contributed by atoms with E-state index in [0.717, 1.165) is 0 Å². The number of hydrogen-bond acceptors (Lipinski definition) is 2. The monoisotopic (exact) mass is 128 g/mol. The molecule has 0 bridgehead atoms. The van der Waals surface area contributed by atoms with Gasteiger partial charge in [0, 0.05) is 12.1 Å². The fourth-order valence-electron chi connectivity index (χ4n) is 0.798. The molecule has 0 radical (unpaired) electrons. The lowest BCUT2D eigenvalue weighted by atomic mass is 10.1. The van der Waals surface area contributed by atoms with E-state index in [1.54, 1.807) is 0 Å². The van der Waals surface area contributed by atoms with Crippen LogP contribution in [0.15, 0.2) is 0 Å². The molecule has 1 atom stereocenters. The van der Waals surface area contributed by atoms with Crippen LogP contribution in [-0.2, 0) is 0 Å². The van der Waals surface area contributed by atoms with Crippen molar-refractivity contribution in [1.82, 2.24) is 10.2 Å². The van der Waals surface area contributed by atoms with Gasteiger partial charge in [0.25, 0.3) is 0 Å². The first-order valence-corrected chi connectivity index (χ1v) is 3.52. The Morgan fingerprint density at radius 3 is 2.44 bits per heavy atom. The molecule has 1 N–H and O–H groups in total. The molecule has 54 valence electrons. The Morgan fingerprint density at radius 1 is 1.56 bits per heavy atom. The summed E-state index contributed by atoms with van der Waals surface area (Å²) < 4.78 is 0. The minimum absolute atomic E-state index is 0.490. The quantitative estimate of drug-likeness (QED) is 0.553. The zero-order valence-corrected chi connectivity index (χ0v) is 6.57. The van der Waals surface area contributed by atoms with Crippen LogP contribution in [0.2, 0.25) is 0 Å². The van der Waals surface area contributed by atoms with E-state index in [0.29, 0.717) is 5.54 Å². The summed E-state index contributed by atoms with van der Waals surface area (Å²) >= 11 is 0. The molecule has 0 saturated carbocycles. The Balaban J connectivity index is 2.05. The number of hydrogen-bond donors (Lipinski definition) is 1. The average molecular weight is 128 g/mol. The summed E-state index contributed by atoms with van der Waals surface area (Å²) in [6.45, 7) is 4.68. The standard InChI is InChI=1S/C7H16N2/c1-7(6-8-7)4-5-9(2)3/h8H,4-6H2,1-3H3. The van der Waals surface area contributed by atoms with Gasteiger partial charge in [-0.25, -0.2) is 0 Å². The van der Waals surface area contributed by atoms with Crippen LogP contribution in [0.5, 0.6) is 0 Å². The molecule has 2 heteroatoms. The average Bonchev–Trinajstić information content (AvgIpc) is 2.45. The van der Waals surface area contributed by atoms with E-state index in [1.165, 1.54) is 19.5 Å². The van der Waals surface area contributed by atoms with E-state index in [9.17, 15) is 0 Å². The molecule has 0 aromatic rings. The van der Waals surface area contributed by atoms with Gasteiger partial charge in [0.15, 0.2) is 0 Å². The first kappa shape index (κ1) is 7.03. The number of rotatable bonds is 3. The van der Waals surface area contributed by atoms with Crippen LogP contribution < -0.4 is 5.32 Å². The zero-order chi connectivity index (χ0) is 6.91. The SMILES string of the molecule is CN(C)CCC1(C)CN1. The second kappa shape index (κ2) is 2.27. The molecular formula is C7H16N2. The van der Waals surface area contributed by atoms with Crippen molar-refractivity contribution in [2.45, 2.75) is 18.9 Å². The Labute approximate surface area is 57.2 Å².